The molecule has 1 aromatic rings. The lowest BCUT2D eigenvalue weighted by atomic mass is 9.81. The van der Waals surface area contributed by atoms with Gasteiger partial charge in [0, 0.05) is 17.8 Å². The highest BCUT2D eigenvalue weighted by atomic mass is 14.7. The SMILES string of the molecule is Cc1ccc(C2=CC=CN=CC2(C)C)cc1. The lowest BCUT2D eigenvalue weighted by molar-refractivity contribution is 0.719. The Balaban J connectivity index is 2.46. The Labute approximate surface area is 97.2 Å². The number of hydrogen-bond donors (Lipinski definition) is 0. The number of aliphatic imine (C=N–C) groups is 1. The summed E-state index contributed by atoms with van der Waals surface area (Å²) in [5.41, 5.74) is 3.86. The molecule has 0 saturated carbocycles. The fourth-order valence-corrected chi connectivity index (χ4v) is 1.90. The fourth-order valence-electron chi connectivity index (χ4n) is 1.90. The summed E-state index contributed by atoms with van der Waals surface area (Å²) < 4.78 is 0. The molecular weight excluding hydrogens is 194 g/mol. The zero-order chi connectivity index (χ0) is 11.6. The van der Waals surface area contributed by atoms with Crippen LogP contribution in [0.3, 0.4) is 0 Å². The summed E-state index contributed by atoms with van der Waals surface area (Å²) >= 11 is 0. The van der Waals surface area contributed by atoms with E-state index in [1.165, 1.54) is 16.7 Å². The van der Waals surface area contributed by atoms with E-state index in [0.29, 0.717) is 0 Å². The monoisotopic (exact) mass is 211 g/mol. The number of benzene rings is 1. The van der Waals surface area contributed by atoms with Crippen molar-refractivity contribution in [3.63, 3.8) is 0 Å². The number of allylic oxidation sites excluding steroid dienone is 3. The summed E-state index contributed by atoms with van der Waals surface area (Å²) in [7, 11) is 0. The van der Waals surface area contributed by atoms with Gasteiger partial charge in [-0.05, 0) is 24.1 Å². The predicted molar refractivity (Wildman–Crippen MR) is 70.6 cm³/mol. The van der Waals surface area contributed by atoms with E-state index in [1.54, 1.807) is 0 Å². The van der Waals surface area contributed by atoms with E-state index in [1.807, 2.05) is 18.5 Å². The van der Waals surface area contributed by atoms with Crippen LogP contribution in [0.5, 0.6) is 0 Å². The van der Waals surface area contributed by atoms with E-state index in [4.69, 9.17) is 0 Å². The quantitative estimate of drug-likeness (QED) is 0.665. The summed E-state index contributed by atoms with van der Waals surface area (Å²) in [6.07, 6.45) is 7.99. The van der Waals surface area contributed by atoms with Crippen molar-refractivity contribution >= 4 is 11.8 Å². The number of rotatable bonds is 1. The molecule has 0 saturated heterocycles. The molecule has 0 bridgehead atoms. The lowest BCUT2D eigenvalue weighted by Crippen LogP contribution is -2.15. The largest absolute Gasteiger partial charge is 0.268 e. The first kappa shape index (κ1) is 10.9. The molecule has 0 fully saturated rings. The Hall–Kier alpha value is -1.63. The molecule has 0 spiro atoms. The third-order valence-corrected chi connectivity index (χ3v) is 2.89. The second-order valence-corrected chi connectivity index (χ2v) is 4.79. The number of hydrogen-bond acceptors (Lipinski definition) is 1. The lowest BCUT2D eigenvalue weighted by Gasteiger charge is -2.23. The molecule has 0 aliphatic carbocycles. The van der Waals surface area contributed by atoms with Gasteiger partial charge in [-0.25, -0.2) is 0 Å². The minimum Gasteiger partial charge on any atom is -0.268 e. The van der Waals surface area contributed by atoms with Crippen molar-refractivity contribution in [2.75, 3.05) is 0 Å². The van der Waals surface area contributed by atoms with Crippen molar-refractivity contribution in [2.24, 2.45) is 10.4 Å². The smallest absolute Gasteiger partial charge is 0.0264 e. The van der Waals surface area contributed by atoms with E-state index in [9.17, 15) is 0 Å². The first-order chi connectivity index (χ1) is 7.59. The third kappa shape index (κ3) is 2.13. The second kappa shape index (κ2) is 4.09. The van der Waals surface area contributed by atoms with Crippen molar-refractivity contribution < 1.29 is 0 Å². The van der Waals surface area contributed by atoms with Crippen molar-refractivity contribution in [1.82, 2.24) is 0 Å². The Bertz CT molecular complexity index is 459. The van der Waals surface area contributed by atoms with E-state index < -0.39 is 0 Å². The maximum atomic E-state index is 4.26. The Morgan fingerprint density at radius 2 is 1.75 bits per heavy atom. The standard InChI is InChI=1S/C15H17N/c1-12-6-8-13(9-7-12)14-5-4-10-16-11-15(14,2)3/h4-11H,1-3H3. The van der Waals surface area contributed by atoms with Gasteiger partial charge in [-0.2, -0.15) is 0 Å². The molecular formula is C15H17N. The van der Waals surface area contributed by atoms with Crippen LogP contribution >= 0.6 is 0 Å². The molecule has 2 rings (SSSR count). The summed E-state index contributed by atoms with van der Waals surface area (Å²) in [5.74, 6) is 0. The van der Waals surface area contributed by atoms with Crippen LogP contribution in [0.25, 0.3) is 5.57 Å². The molecule has 16 heavy (non-hydrogen) atoms. The predicted octanol–water partition coefficient (Wildman–Crippen LogP) is 4.00. The fraction of sp³-hybridized carbons (Fsp3) is 0.267. The first-order valence-corrected chi connectivity index (χ1v) is 5.58. The van der Waals surface area contributed by atoms with Gasteiger partial charge in [0.05, 0.1) is 0 Å². The van der Waals surface area contributed by atoms with Gasteiger partial charge in [0.15, 0.2) is 0 Å². The maximum Gasteiger partial charge on any atom is 0.0264 e. The normalized spacial score (nSPS) is 18.1. The molecule has 1 aromatic carbocycles. The Morgan fingerprint density at radius 1 is 1.06 bits per heavy atom. The summed E-state index contributed by atoms with van der Waals surface area (Å²) in [5, 5.41) is 0. The van der Waals surface area contributed by atoms with E-state index in [2.05, 4.69) is 56.1 Å². The summed E-state index contributed by atoms with van der Waals surface area (Å²) in [6.45, 7) is 6.49. The average molecular weight is 211 g/mol. The molecule has 0 amide bonds. The molecule has 0 radical (unpaired) electrons. The molecule has 0 N–H and O–H groups in total. The molecule has 0 aromatic heterocycles. The van der Waals surface area contributed by atoms with Crippen molar-refractivity contribution in [2.45, 2.75) is 20.8 Å². The highest BCUT2D eigenvalue weighted by molar-refractivity contribution is 5.88. The van der Waals surface area contributed by atoms with Crippen LogP contribution in [0.4, 0.5) is 0 Å². The van der Waals surface area contributed by atoms with Gasteiger partial charge in [-0.15, -0.1) is 0 Å². The van der Waals surface area contributed by atoms with Crippen LogP contribution < -0.4 is 0 Å². The molecule has 0 atom stereocenters. The molecule has 0 unspecified atom stereocenters. The van der Waals surface area contributed by atoms with Crippen LogP contribution in [0.1, 0.15) is 25.0 Å². The molecule has 1 aliphatic rings. The first-order valence-electron chi connectivity index (χ1n) is 5.58. The number of aryl methyl sites for hydroxylation is 1. The highest BCUT2D eigenvalue weighted by Crippen LogP contribution is 2.34. The van der Waals surface area contributed by atoms with E-state index in [-0.39, 0.29) is 5.41 Å². The highest BCUT2D eigenvalue weighted by Gasteiger charge is 2.22. The molecule has 1 heteroatoms. The molecule has 1 aliphatic heterocycles. The Kier molecular flexibility index (Phi) is 2.78. The van der Waals surface area contributed by atoms with Gasteiger partial charge in [0.25, 0.3) is 0 Å². The molecule has 82 valence electrons. The van der Waals surface area contributed by atoms with Crippen molar-refractivity contribution in [3.05, 3.63) is 53.7 Å². The third-order valence-electron chi connectivity index (χ3n) is 2.89. The van der Waals surface area contributed by atoms with Crippen LogP contribution in [-0.4, -0.2) is 6.21 Å². The average Bonchev–Trinajstić information content (AvgIpc) is 2.41. The Morgan fingerprint density at radius 3 is 2.44 bits per heavy atom. The summed E-state index contributed by atoms with van der Waals surface area (Å²) in [6, 6.07) is 8.65. The minimum atomic E-state index is -0.0151. The number of nitrogens with zero attached hydrogens (tertiary/aromatic N) is 1. The van der Waals surface area contributed by atoms with Crippen LogP contribution in [0, 0.1) is 12.3 Å². The minimum absolute atomic E-state index is 0.0151. The van der Waals surface area contributed by atoms with Gasteiger partial charge in [0.2, 0.25) is 0 Å². The van der Waals surface area contributed by atoms with Crippen LogP contribution in [-0.2, 0) is 0 Å². The zero-order valence-corrected chi connectivity index (χ0v) is 10.1. The van der Waals surface area contributed by atoms with Gasteiger partial charge >= 0.3 is 0 Å². The van der Waals surface area contributed by atoms with E-state index >= 15 is 0 Å². The van der Waals surface area contributed by atoms with Crippen molar-refractivity contribution in [3.8, 4) is 0 Å². The van der Waals surface area contributed by atoms with Gasteiger partial charge in [-0.3, -0.25) is 4.99 Å². The van der Waals surface area contributed by atoms with Gasteiger partial charge in [0.1, 0.15) is 0 Å². The van der Waals surface area contributed by atoms with Crippen LogP contribution in [0.15, 0.2) is 47.6 Å². The maximum absolute atomic E-state index is 4.26. The zero-order valence-electron chi connectivity index (χ0n) is 10.1. The molecule has 1 heterocycles. The summed E-state index contributed by atoms with van der Waals surface area (Å²) in [4.78, 5) is 4.26. The van der Waals surface area contributed by atoms with Gasteiger partial charge in [-0.1, -0.05) is 49.8 Å². The van der Waals surface area contributed by atoms with Crippen molar-refractivity contribution in [1.29, 1.82) is 0 Å². The van der Waals surface area contributed by atoms with Crippen LogP contribution in [0.2, 0.25) is 0 Å². The second-order valence-electron chi connectivity index (χ2n) is 4.79. The van der Waals surface area contributed by atoms with E-state index in [0.717, 1.165) is 0 Å². The van der Waals surface area contributed by atoms with Gasteiger partial charge < -0.3 is 0 Å². The topological polar surface area (TPSA) is 12.4 Å². The molecule has 1 nitrogen and oxygen atoms in total.